The number of aliphatic hydroxyl groups excluding tert-OH is 1. The number of para-hydroxylation sites is 2. The zero-order valence-corrected chi connectivity index (χ0v) is 12.2. The third kappa shape index (κ3) is 3.32. The number of alkyl halides is 1. The molecule has 5 heteroatoms. The van der Waals surface area contributed by atoms with Crippen LogP contribution < -0.4 is 9.64 Å². The van der Waals surface area contributed by atoms with Crippen molar-refractivity contribution < 1.29 is 9.84 Å². The Kier molecular flexibility index (Phi) is 4.91. The lowest BCUT2D eigenvalue weighted by atomic mass is 10.2. The number of ether oxygens (including phenoxy) is 1. The molecule has 0 spiro atoms. The Morgan fingerprint density at radius 2 is 1.84 bits per heavy atom. The van der Waals surface area contributed by atoms with Gasteiger partial charge in [-0.3, -0.25) is 4.90 Å². The molecule has 0 amide bonds. The zero-order valence-electron chi connectivity index (χ0n) is 11.4. The summed E-state index contributed by atoms with van der Waals surface area (Å²) in [5.74, 6) is 0.897. The minimum absolute atomic E-state index is 0.306. The molecule has 2 unspecified atom stereocenters. The fourth-order valence-electron chi connectivity index (χ4n) is 2.41. The molecule has 0 aromatic heterocycles. The first kappa shape index (κ1) is 14.4. The smallest absolute Gasteiger partial charge is 0.142 e. The van der Waals surface area contributed by atoms with Crippen LogP contribution in [0, 0.1) is 0 Å². The molecule has 106 valence electrons. The topological polar surface area (TPSA) is 35.9 Å². The van der Waals surface area contributed by atoms with E-state index in [1.807, 2.05) is 18.2 Å². The Morgan fingerprint density at radius 1 is 1.21 bits per heavy atom. The highest BCUT2D eigenvalue weighted by molar-refractivity contribution is 6.20. The highest BCUT2D eigenvalue weighted by Crippen LogP contribution is 2.28. The highest BCUT2D eigenvalue weighted by Gasteiger charge is 2.26. The maximum absolute atomic E-state index is 9.53. The summed E-state index contributed by atoms with van der Waals surface area (Å²) in [6.45, 7) is 5.19. The largest absolute Gasteiger partial charge is 0.495 e. The maximum atomic E-state index is 9.53. The number of piperazine rings is 1. The zero-order chi connectivity index (χ0) is 13.8. The Morgan fingerprint density at radius 3 is 2.42 bits per heavy atom. The number of hydrogen-bond donors (Lipinski definition) is 1. The second-order valence-electron chi connectivity index (χ2n) is 4.81. The molecule has 4 nitrogen and oxygen atoms in total. The fraction of sp³-hybridized carbons (Fsp3) is 0.571. The van der Waals surface area contributed by atoms with Crippen molar-refractivity contribution in [3.8, 4) is 5.75 Å². The van der Waals surface area contributed by atoms with Crippen molar-refractivity contribution in [1.29, 1.82) is 0 Å². The lowest BCUT2D eigenvalue weighted by Crippen LogP contribution is -2.51. The summed E-state index contributed by atoms with van der Waals surface area (Å²) in [5.41, 5.74) is 0.813. The number of benzene rings is 1. The van der Waals surface area contributed by atoms with Gasteiger partial charge in [-0.05, 0) is 19.1 Å². The Labute approximate surface area is 119 Å². The molecule has 19 heavy (non-hydrogen) atoms. The molecular weight excluding hydrogens is 264 g/mol. The monoisotopic (exact) mass is 284 g/mol. The van der Waals surface area contributed by atoms with E-state index in [0.717, 1.165) is 37.6 Å². The summed E-state index contributed by atoms with van der Waals surface area (Å²) in [6, 6.07) is 8.04. The van der Waals surface area contributed by atoms with Crippen LogP contribution in [0.2, 0.25) is 0 Å². The first-order valence-electron chi connectivity index (χ1n) is 6.57. The predicted molar refractivity (Wildman–Crippen MR) is 78.1 cm³/mol. The van der Waals surface area contributed by atoms with Gasteiger partial charge in [-0.15, -0.1) is 11.6 Å². The van der Waals surface area contributed by atoms with Gasteiger partial charge in [0.25, 0.3) is 0 Å². The standard InChI is InChI=1S/C14H21ClN2O2/c1-11(18)14(15)17-9-7-16(8-10-17)12-5-3-4-6-13(12)19-2/h3-6,11,14,18H,7-10H2,1-2H3. The minimum atomic E-state index is -0.514. The van der Waals surface area contributed by atoms with Crippen molar-refractivity contribution in [2.75, 3.05) is 38.2 Å². The number of anilines is 1. The van der Waals surface area contributed by atoms with E-state index in [2.05, 4.69) is 15.9 Å². The average Bonchev–Trinajstić information content (AvgIpc) is 2.46. The van der Waals surface area contributed by atoms with Crippen LogP contribution >= 0.6 is 11.6 Å². The number of aliphatic hydroxyl groups is 1. The maximum Gasteiger partial charge on any atom is 0.142 e. The molecule has 2 rings (SSSR count). The van der Waals surface area contributed by atoms with Gasteiger partial charge in [-0.2, -0.15) is 0 Å². The van der Waals surface area contributed by atoms with E-state index in [9.17, 15) is 5.11 Å². The van der Waals surface area contributed by atoms with Gasteiger partial charge in [0.05, 0.1) is 18.9 Å². The first-order valence-corrected chi connectivity index (χ1v) is 7.01. The van der Waals surface area contributed by atoms with Crippen molar-refractivity contribution in [2.45, 2.75) is 18.5 Å². The van der Waals surface area contributed by atoms with Crippen LogP contribution in [0.15, 0.2) is 24.3 Å². The van der Waals surface area contributed by atoms with Gasteiger partial charge in [0.1, 0.15) is 11.3 Å². The SMILES string of the molecule is COc1ccccc1N1CCN(C(Cl)C(C)O)CC1. The molecule has 1 N–H and O–H groups in total. The Hall–Kier alpha value is -0.970. The van der Waals surface area contributed by atoms with Crippen LogP contribution in [-0.4, -0.2) is 54.9 Å². The summed E-state index contributed by atoms with van der Waals surface area (Å²) in [4.78, 5) is 4.40. The predicted octanol–water partition coefficient (Wildman–Crippen LogP) is 1.76. The summed E-state index contributed by atoms with van der Waals surface area (Å²) in [6.07, 6.45) is -0.514. The molecule has 1 aliphatic rings. The van der Waals surface area contributed by atoms with Crippen molar-refractivity contribution in [3.63, 3.8) is 0 Å². The normalized spacial score (nSPS) is 20.1. The Bertz CT molecular complexity index is 406. The summed E-state index contributed by atoms with van der Waals surface area (Å²) in [7, 11) is 1.69. The average molecular weight is 285 g/mol. The molecule has 0 radical (unpaired) electrons. The van der Waals surface area contributed by atoms with Crippen LogP contribution in [0.4, 0.5) is 5.69 Å². The molecule has 1 fully saturated rings. The van der Waals surface area contributed by atoms with Gasteiger partial charge < -0.3 is 14.7 Å². The molecule has 2 atom stereocenters. The fourth-order valence-corrected chi connectivity index (χ4v) is 2.60. The van der Waals surface area contributed by atoms with E-state index < -0.39 is 6.10 Å². The number of halogens is 1. The first-order chi connectivity index (χ1) is 9.13. The van der Waals surface area contributed by atoms with Crippen LogP contribution in [0.5, 0.6) is 5.75 Å². The van der Waals surface area contributed by atoms with Crippen molar-refractivity contribution in [2.24, 2.45) is 0 Å². The summed E-state index contributed by atoms with van der Waals surface area (Å²) in [5, 5.41) is 9.53. The molecule has 0 bridgehead atoms. The third-order valence-corrected chi connectivity index (χ3v) is 4.13. The van der Waals surface area contributed by atoms with Gasteiger partial charge in [0, 0.05) is 26.2 Å². The van der Waals surface area contributed by atoms with Gasteiger partial charge >= 0.3 is 0 Å². The van der Waals surface area contributed by atoms with Crippen molar-refractivity contribution in [1.82, 2.24) is 4.90 Å². The molecule has 1 aromatic rings. The van der Waals surface area contributed by atoms with E-state index in [0.29, 0.717) is 0 Å². The van der Waals surface area contributed by atoms with E-state index >= 15 is 0 Å². The second-order valence-corrected chi connectivity index (χ2v) is 5.26. The molecule has 1 saturated heterocycles. The minimum Gasteiger partial charge on any atom is -0.495 e. The molecular formula is C14H21ClN2O2. The van der Waals surface area contributed by atoms with Crippen molar-refractivity contribution >= 4 is 17.3 Å². The number of hydrogen-bond acceptors (Lipinski definition) is 4. The lowest BCUT2D eigenvalue weighted by molar-refractivity contribution is 0.0998. The number of rotatable bonds is 4. The van der Waals surface area contributed by atoms with E-state index in [1.54, 1.807) is 14.0 Å². The Balaban J connectivity index is 2.00. The van der Waals surface area contributed by atoms with Gasteiger partial charge in [0.2, 0.25) is 0 Å². The van der Waals surface area contributed by atoms with Crippen LogP contribution in [0.25, 0.3) is 0 Å². The molecule has 0 aliphatic carbocycles. The van der Waals surface area contributed by atoms with Gasteiger partial charge in [-0.1, -0.05) is 12.1 Å². The quantitative estimate of drug-likeness (QED) is 0.675. The van der Waals surface area contributed by atoms with Gasteiger partial charge in [0.15, 0.2) is 0 Å². The van der Waals surface area contributed by atoms with Crippen LogP contribution in [0.1, 0.15) is 6.92 Å². The molecule has 0 saturated carbocycles. The molecule has 1 aliphatic heterocycles. The van der Waals surface area contributed by atoms with E-state index in [-0.39, 0.29) is 5.50 Å². The lowest BCUT2D eigenvalue weighted by Gasteiger charge is -2.39. The summed E-state index contributed by atoms with van der Waals surface area (Å²) >= 11 is 6.18. The van der Waals surface area contributed by atoms with E-state index in [1.165, 1.54) is 0 Å². The van der Waals surface area contributed by atoms with Gasteiger partial charge in [-0.25, -0.2) is 0 Å². The number of nitrogens with zero attached hydrogens (tertiary/aromatic N) is 2. The summed E-state index contributed by atoms with van der Waals surface area (Å²) < 4.78 is 5.39. The molecule has 1 aromatic carbocycles. The second kappa shape index (κ2) is 6.46. The van der Waals surface area contributed by atoms with Crippen LogP contribution in [-0.2, 0) is 0 Å². The molecule has 1 heterocycles. The third-order valence-electron chi connectivity index (χ3n) is 3.49. The number of methoxy groups -OCH3 is 1. The van der Waals surface area contributed by atoms with Crippen molar-refractivity contribution in [3.05, 3.63) is 24.3 Å². The highest BCUT2D eigenvalue weighted by atomic mass is 35.5. The van der Waals surface area contributed by atoms with E-state index in [4.69, 9.17) is 16.3 Å². The van der Waals surface area contributed by atoms with Crippen LogP contribution in [0.3, 0.4) is 0 Å².